The Morgan fingerprint density at radius 1 is 1.47 bits per heavy atom. The van der Waals surface area contributed by atoms with Crippen molar-refractivity contribution in [1.82, 2.24) is 0 Å². The first-order valence-corrected chi connectivity index (χ1v) is 5.76. The number of hydrogen-bond donors (Lipinski definition) is 1. The first-order chi connectivity index (χ1) is 7.71. The summed E-state index contributed by atoms with van der Waals surface area (Å²) in [5.74, 6) is -0.249. The lowest BCUT2D eigenvalue weighted by atomic mass is 10.1. The number of benzene rings is 1. The van der Waals surface area contributed by atoms with Crippen LogP contribution in [0, 0.1) is 17.0 Å². The zero-order chi connectivity index (χ0) is 13.2. The van der Waals surface area contributed by atoms with Gasteiger partial charge in [0.25, 0.3) is 5.69 Å². The molecule has 0 spiro atoms. The van der Waals surface area contributed by atoms with Gasteiger partial charge in [-0.3, -0.25) is 14.9 Å². The van der Waals surface area contributed by atoms with Crippen LogP contribution in [0.2, 0.25) is 0 Å². The molecule has 0 heterocycles. The number of aryl methyl sites for hydroxylation is 1. The summed E-state index contributed by atoms with van der Waals surface area (Å²) in [7, 11) is 0. The number of anilines is 1. The predicted octanol–water partition coefficient (Wildman–Crippen LogP) is 3.02. The van der Waals surface area contributed by atoms with Gasteiger partial charge in [0.05, 0.1) is 14.9 Å². The van der Waals surface area contributed by atoms with E-state index < -0.39 is 9.25 Å². The normalized spacial score (nSPS) is 11.1. The molecule has 17 heavy (non-hydrogen) atoms. The van der Waals surface area contributed by atoms with Crippen molar-refractivity contribution in [3.8, 4) is 0 Å². The van der Waals surface area contributed by atoms with Gasteiger partial charge < -0.3 is 5.32 Å². The number of rotatable bonds is 3. The standard InChI is InChI=1S/C11H13BrN2O3/c1-7-4-5-8(14(16)17)6-9(7)13-10(15)11(2,3)12/h4-6H,1-3H3,(H,13,15). The van der Waals surface area contributed by atoms with Gasteiger partial charge in [-0.1, -0.05) is 22.0 Å². The summed E-state index contributed by atoms with van der Waals surface area (Å²) in [6.07, 6.45) is 0. The van der Waals surface area contributed by atoms with Crippen molar-refractivity contribution in [1.29, 1.82) is 0 Å². The van der Waals surface area contributed by atoms with Crippen LogP contribution in [0.1, 0.15) is 19.4 Å². The van der Waals surface area contributed by atoms with Crippen LogP contribution in [0.5, 0.6) is 0 Å². The number of hydrogen-bond acceptors (Lipinski definition) is 3. The Bertz CT molecular complexity index is 466. The molecular formula is C11H13BrN2O3. The number of nitro benzene ring substituents is 1. The highest BCUT2D eigenvalue weighted by Crippen LogP contribution is 2.24. The van der Waals surface area contributed by atoms with Crippen molar-refractivity contribution in [2.45, 2.75) is 25.1 Å². The van der Waals surface area contributed by atoms with Crippen LogP contribution in [-0.2, 0) is 4.79 Å². The third-order valence-corrected chi connectivity index (χ3v) is 2.58. The Kier molecular flexibility index (Phi) is 3.87. The molecule has 0 radical (unpaired) electrons. The van der Waals surface area contributed by atoms with Crippen LogP contribution in [-0.4, -0.2) is 15.2 Å². The average Bonchev–Trinajstić information content (AvgIpc) is 2.19. The minimum Gasteiger partial charge on any atom is -0.324 e. The van der Waals surface area contributed by atoms with E-state index in [4.69, 9.17) is 0 Å². The predicted molar refractivity (Wildman–Crippen MR) is 69.5 cm³/mol. The van der Waals surface area contributed by atoms with E-state index in [0.29, 0.717) is 5.69 Å². The summed E-state index contributed by atoms with van der Waals surface area (Å²) in [6, 6.07) is 4.37. The average molecular weight is 301 g/mol. The highest BCUT2D eigenvalue weighted by atomic mass is 79.9. The van der Waals surface area contributed by atoms with Crippen LogP contribution in [0.25, 0.3) is 0 Å². The van der Waals surface area contributed by atoms with Crippen LogP contribution in [0.4, 0.5) is 11.4 Å². The summed E-state index contributed by atoms with van der Waals surface area (Å²) < 4.78 is -0.718. The minimum absolute atomic E-state index is 0.0433. The molecule has 1 amide bonds. The van der Waals surface area contributed by atoms with Gasteiger partial charge in [0.15, 0.2) is 0 Å². The zero-order valence-corrected chi connectivity index (χ0v) is 11.4. The third-order valence-electron chi connectivity index (χ3n) is 2.22. The molecule has 0 aliphatic carbocycles. The smallest absolute Gasteiger partial charge is 0.271 e. The monoisotopic (exact) mass is 300 g/mol. The quantitative estimate of drug-likeness (QED) is 0.530. The largest absolute Gasteiger partial charge is 0.324 e. The number of non-ortho nitro benzene ring substituents is 1. The molecule has 92 valence electrons. The number of carbonyl (C=O) groups excluding carboxylic acids is 1. The van der Waals surface area contributed by atoms with Crippen LogP contribution >= 0.6 is 15.9 Å². The lowest BCUT2D eigenvalue weighted by Gasteiger charge is -2.16. The fourth-order valence-electron chi connectivity index (χ4n) is 1.13. The zero-order valence-electron chi connectivity index (χ0n) is 9.78. The number of nitro groups is 1. The molecule has 6 heteroatoms. The lowest BCUT2D eigenvalue weighted by Crippen LogP contribution is -2.31. The van der Waals surface area contributed by atoms with E-state index in [9.17, 15) is 14.9 Å². The Balaban J connectivity index is 3.02. The van der Waals surface area contributed by atoms with Gasteiger partial charge in [-0.05, 0) is 26.3 Å². The Morgan fingerprint density at radius 3 is 2.53 bits per heavy atom. The maximum absolute atomic E-state index is 11.7. The maximum Gasteiger partial charge on any atom is 0.271 e. The molecule has 1 aromatic rings. The van der Waals surface area contributed by atoms with Gasteiger partial charge in [0, 0.05) is 12.1 Å². The number of nitrogens with zero attached hydrogens (tertiary/aromatic N) is 1. The molecule has 0 saturated carbocycles. The Labute approximate surface area is 107 Å². The third kappa shape index (κ3) is 3.52. The molecule has 0 saturated heterocycles. The molecular weight excluding hydrogens is 288 g/mol. The maximum atomic E-state index is 11.7. The van der Waals surface area contributed by atoms with E-state index in [1.165, 1.54) is 12.1 Å². The fourth-order valence-corrected chi connectivity index (χ4v) is 1.23. The molecule has 0 atom stereocenters. The summed E-state index contributed by atoms with van der Waals surface area (Å²) in [5, 5.41) is 13.3. The van der Waals surface area contributed by atoms with E-state index >= 15 is 0 Å². The van der Waals surface area contributed by atoms with Crippen molar-refractivity contribution in [3.05, 3.63) is 33.9 Å². The highest BCUT2D eigenvalue weighted by Gasteiger charge is 2.24. The summed E-state index contributed by atoms with van der Waals surface area (Å²) >= 11 is 3.23. The number of amides is 1. The molecule has 0 aromatic heterocycles. The SMILES string of the molecule is Cc1ccc([N+](=O)[O-])cc1NC(=O)C(C)(C)Br. The second-order valence-electron chi connectivity index (χ2n) is 4.18. The molecule has 0 unspecified atom stereocenters. The Morgan fingerprint density at radius 2 is 2.06 bits per heavy atom. The van der Waals surface area contributed by atoms with Crippen LogP contribution in [0.15, 0.2) is 18.2 Å². The van der Waals surface area contributed by atoms with Crippen molar-refractivity contribution >= 4 is 33.2 Å². The molecule has 0 aliphatic rings. The van der Waals surface area contributed by atoms with Gasteiger partial charge in [-0.25, -0.2) is 0 Å². The number of alkyl halides is 1. The molecule has 0 fully saturated rings. The fraction of sp³-hybridized carbons (Fsp3) is 0.364. The summed E-state index contributed by atoms with van der Waals surface area (Å²) in [5.41, 5.74) is 1.19. The molecule has 0 aliphatic heterocycles. The van der Waals surface area contributed by atoms with Crippen molar-refractivity contribution in [3.63, 3.8) is 0 Å². The van der Waals surface area contributed by atoms with Crippen molar-refractivity contribution in [2.24, 2.45) is 0 Å². The van der Waals surface area contributed by atoms with E-state index in [1.54, 1.807) is 26.8 Å². The van der Waals surface area contributed by atoms with Gasteiger partial charge >= 0.3 is 0 Å². The number of nitrogens with one attached hydrogen (secondary N) is 1. The van der Waals surface area contributed by atoms with Crippen molar-refractivity contribution < 1.29 is 9.72 Å². The molecule has 1 rings (SSSR count). The molecule has 1 N–H and O–H groups in total. The van der Waals surface area contributed by atoms with E-state index in [0.717, 1.165) is 5.56 Å². The summed E-state index contributed by atoms with van der Waals surface area (Å²) in [4.78, 5) is 21.9. The second kappa shape index (κ2) is 4.83. The van der Waals surface area contributed by atoms with E-state index in [1.807, 2.05) is 0 Å². The topological polar surface area (TPSA) is 72.2 Å². The van der Waals surface area contributed by atoms with Crippen LogP contribution < -0.4 is 5.32 Å². The van der Waals surface area contributed by atoms with Gasteiger partial charge in [-0.15, -0.1) is 0 Å². The second-order valence-corrected chi connectivity index (χ2v) is 6.17. The lowest BCUT2D eigenvalue weighted by molar-refractivity contribution is -0.384. The first kappa shape index (κ1) is 13.6. The molecule has 1 aromatic carbocycles. The highest BCUT2D eigenvalue weighted by molar-refractivity contribution is 9.10. The Hall–Kier alpha value is -1.43. The van der Waals surface area contributed by atoms with Gasteiger partial charge in [-0.2, -0.15) is 0 Å². The summed E-state index contributed by atoms with van der Waals surface area (Å²) in [6.45, 7) is 5.19. The first-order valence-electron chi connectivity index (χ1n) is 4.97. The van der Waals surface area contributed by atoms with Gasteiger partial charge in [0.1, 0.15) is 0 Å². The number of carbonyl (C=O) groups is 1. The van der Waals surface area contributed by atoms with Crippen molar-refractivity contribution in [2.75, 3.05) is 5.32 Å². The minimum atomic E-state index is -0.718. The number of halogens is 1. The van der Waals surface area contributed by atoms with Crippen LogP contribution in [0.3, 0.4) is 0 Å². The van der Waals surface area contributed by atoms with Gasteiger partial charge in [0.2, 0.25) is 5.91 Å². The van der Waals surface area contributed by atoms with E-state index in [-0.39, 0.29) is 11.6 Å². The molecule has 5 nitrogen and oxygen atoms in total. The molecule has 0 bridgehead atoms. The van der Waals surface area contributed by atoms with E-state index in [2.05, 4.69) is 21.2 Å².